The molecule has 0 aliphatic carbocycles. The van der Waals surface area contributed by atoms with Crippen LogP contribution in [0.15, 0.2) is 71.5 Å². The molecule has 140 valence electrons. The van der Waals surface area contributed by atoms with Crippen LogP contribution in [-0.2, 0) is 0 Å². The van der Waals surface area contributed by atoms with E-state index in [1.165, 1.54) is 6.07 Å². The molecule has 0 amide bonds. The van der Waals surface area contributed by atoms with Gasteiger partial charge >= 0.3 is 0 Å². The van der Waals surface area contributed by atoms with Crippen LogP contribution in [0.1, 0.15) is 31.0 Å². The van der Waals surface area contributed by atoms with E-state index >= 15 is 0 Å². The summed E-state index contributed by atoms with van der Waals surface area (Å²) in [6, 6.07) is 20.5. The Hall–Kier alpha value is -3.54. The first-order chi connectivity index (χ1) is 13.7. The van der Waals surface area contributed by atoms with Crippen molar-refractivity contribution in [2.75, 3.05) is 0 Å². The molecule has 0 atom stereocenters. The molecule has 2 heterocycles. The third kappa shape index (κ3) is 3.24. The second-order valence-corrected chi connectivity index (χ2v) is 6.56. The summed E-state index contributed by atoms with van der Waals surface area (Å²) in [5.41, 5.74) is 2.18. The Bertz CT molecular complexity index is 1190. The average molecular weight is 372 g/mol. The fraction of sp³-hybridized carbons (Fsp3) is 0.182. The van der Waals surface area contributed by atoms with E-state index in [4.69, 9.17) is 4.98 Å². The molecule has 0 saturated carbocycles. The van der Waals surface area contributed by atoms with E-state index in [-0.39, 0.29) is 5.91 Å². The van der Waals surface area contributed by atoms with Gasteiger partial charge in [-0.2, -0.15) is 4.68 Å². The highest BCUT2D eigenvalue weighted by Gasteiger charge is 2.17. The topological polar surface area (TPSA) is 69.8 Å². The molecule has 4 rings (SSSR count). The summed E-state index contributed by atoms with van der Waals surface area (Å²) < 4.78 is 2.85. The third-order valence-corrected chi connectivity index (χ3v) is 4.59. The van der Waals surface area contributed by atoms with Crippen molar-refractivity contribution in [2.45, 2.75) is 26.2 Å². The van der Waals surface area contributed by atoms with Crippen LogP contribution in [0.5, 0.6) is 0 Å². The molecule has 28 heavy (non-hydrogen) atoms. The predicted octanol–water partition coefficient (Wildman–Crippen LogP) is 4.08. The van der Waals surface area contributed by atoms with Gasteiger partial charge in [-0.15, -0.1) is 5.10 Å². The van der Waals surface area contributed by atoms with Crippen molar-refractivity contribution in [3.05, 3.63) is 77.1 Å². The molecule has 0 fully saturated rings. The third-order valence-electron chi connectivity index (χ3n) is 4.59. The van der Waals surface area contributed by atoms with Gasteiger partial charge in [0.2, 0.25) is 5.91 Å². The molecule has 0 spiro atoms. The van der Waals surface area contributed by atoms with Crippen molar-refractivity contribution in [2.24, 2.45) is 0 Å². The predicted molar refractivity (Wildman–Crippen MR) is 109 cm³/mol. The molecule has 6 heteroatoms. The number of unbranched alkanes of at least 4 members (excludes halogenated alkanes) is 1. The number of para-hydroxylation sites is 2. The molecule has 0 aliphatic rings. The second-order valence-electron chi connectivity index (χ2n) is 6.56. The molecular weight excluding hydrogens is 352 g/mol. The highest BCUT2D eigenvalue weighted by Crippen LogP contribution is 2.27. The number of benzene rings is 2. The zero-order valence-electron chi connectivity index (χ0n) is 15.6. The standard InChI is InChI=1S/C22H20N4O2/c1-2-3-13-20(27)26-21(28)15-14-19(24-26)25-18-12-8-7-11-17(18)23-22(25)16-9-5-4-6-10-16/h4-12,14-15H,2-3,13H2,1H3. The van der Waals surface area contributed by atoms with Gasteiger partial charge in [0.25, 0.3) is 5.56 Å². The number of carbonyl (C=O) groups excluding carboxylic acids is 1. The van der Waals surface area contributed by atoms with Gasteiger partial charge in [0.1, 0.15) is 5.82 Å². The molecule has 0 saturated heterocycles. The van der Waals surface area contributed by atoms with Gasteiger partial charge in [-0.05, 0) is 24.6 Å². The lowest BCUT2D eigenvalue weighted by atomic mass is 10.2. The first kappa shape index (κ1) is 17.9. The highest BCUT2D eigenvalue weighted by molar-refractivity contribution is 5.83. The van der Waals surface area contributed by atoms with Crippen molar-refractivity contribution >= 4 is 16.9 Å². The first-order valence-corrected chi connectivity index (χ1v) is 9.36. The quantitative estimate of drug-likeness (QED) is 0.529. The average Bonchev–Trinajstić information content (AvgIpc) is 3.12. The Morgan fingerprint density at radius 3 is 2.50 bits per heavy atom. The van der Waals surface area contributed by atoms with Gasteiger partial charge in [-0.25, -0.2) is 4.98 Å². The van der Waals surface area contributed by atoms with E-state index in [0.29, 0.717) is 18.1 Å². The Balaban J connectivity index is 1.92. The molecular formula is C22H20N4O2. The lowest BCUT2D eigenvalue weighted by Crippen LogP contribution is -2.29. The van der Waals surface area contributed by atoms with Crippen LogP contribution in [-0.4, -0.2) is 25.2 Å². The fourth-order valence-corrected chi connectivity index (χ4v) is 3.17. The molecule has 0 N–H and O–H groups in total. The number of aromatic nitrogens is 4. The van der Waals surface area contributed by atoms with Gasteiger partial charge < -0.3 is 0 Å². The smallest absolute Gasteiger partial charge is 0.274 e. The van der Waals surface area contributed by atoms with Crippen LogP contribution >= 0.6 is 0 Å². The van der Waals surface area contributed by atoms with Gasteiger partial charge in [-0.1, -0.05) is 55.8 Å². The van der Waals surface area contributed by atoms with Crippen LogP contribution in [0.4, 0.5) is 0 Å². The minimum absolute atomic E-state index is 0.292. The molecule has 2 aromatic heterocycles. The van der Waals surface area contributed by atoms with Crippen molar-refractivity contribution in [1.82, 2.24) is 19.3 Å². The SMILES string of the molecule is CCCCC(=O)n1nc(-n2c(-c3ccccc3)nc3ccccc32)ccc1=O. The van der Waals surface area contributed by atoms with Crippen molar-refractivity contribution < 1.29 is 4.79 Å². The van der Waals surface area contributed by atoms with Crippen LogP contribution in [0.25, 0.3) is 28.2 Å². The summed E-state index contributed by atoms with van der Waals surface area (Å²) in [4.78, 5) is 29.4. The molecule has 0 bridgehead atoms. The number of nitrogens with zero attached hydrogens (tertiary/aromatic N) is 4. The van der Waals surface area contributed by atoms with E-state index in [9.17, 15) is 9.59 Å². The Kier molecular flexibility index (Phi) is 4.85. The van der Waals surface area contributed by atoms with Crippen molar-refractivity contribution in [3.8, 4) is 17.2 Å². The summed E-state index contributed by atoms with van der Waals surface area (Å²) in [5, 5.41) is 4.38. The van der Waals surface area contributed by atoms with Crippen LogP contribution in [0.2, 0.25) is 0 Å². The lowest BCUT2D eigenvalue weighted by molar-refractivity contribution is 0.0877. The molecule has 2 aromatic carbocycles. The maximum Gasteiger partial charge on any atom is 0.274 e. The number of fused-ring (bicyclic) bond motifs is 1. The Morgan fingerprint density at radius 1 is 0.964 bits per heavy atom. The van der Waals surface area contributed by atoms with E-state index in [1.54, 1.807) is 6.07 Å². The Morgan fingerprint density at radius 2 is 1.71 bits per heavy atom. The minimum atomic E-state index is -0.421. The van der Waals surface area contributed by atoms with E-state index in [1.807, 2.05) is 66.1 Å². The van der Waals surface area contributed by atoms with Gasteiger partial charge in [0, 0.05) is 18.1 Å². The van der Waals surface area contributed by atoms with Crippen molar-refractivity contribution in [3.63, 3.8) is 0 Å². The lowest BCUT2D eigenvalue weighted by Gasteiger charge is -2.10. The zero-order valence-corrected chi connectivity index (χ0v) is 15.6. The van der Waals surface area contributed by atoms with E-state index in [2.05, 4.69) is 5.10 Å². The van der Waals surface area contributed by atoms with Crippen LogP contribution in [0, 0.1) is 0 Å². The number of rotatable bonds is 5. The number of carbonyl (C=O) groups is 1. The van der Waals surface area contributed by atoms with Gasteiger partial charge in [0.15, 0.2) is 5.82 Å². The summed E-state index contributed by atoms with van der Waals surface area (Å²) >= 11 is 0. The van der Waals surface area contributed by atoms with Crippen LogP contribution < -0.4 is 5.56 Å². The molecule has 6 nitrogen and oxygen atoms in total. The largest absolute Gasteiger partial charge is 0.275 e. The summed E-state index contributed by atoms with van der Waals surface area (Å²) in [7, 11) is 0. The number of hydrogen-bond donors (Lipinski definition) is 0. The highest BCUT2D eigenvalue weighted by atomic mass is 16.2. The number of imidazole rings is 1. The van der Waals surface area contributed by atoms with E-state index < -0.39 is 5.56 Å². The second kappa shape index (κ2) is 7.60. The first-order valence-electron chi connectivity index (χ1n) is 9.36. The number of hydrogen-bond acceptors (Lipinski definition) is 4. The van der Waals surface area contributed by atoms with Crippen LogP contribution in [0.3, 0.4) is 0 Å². The molecule has 0 radical (unpaired) electrons. The van der Waals surface area contributed by atoms with Gasteiger partial charge in [-0.3, -0.25) is 14.2 Å². The van der Waals surface area contributed by atoms with Crippen molar-refractivity contribution in [1.29, 1.82) is 0 Å². The fourth-order valence-electron chi connectivity index (χ4n) is 3.17. The van der Waals surface area contributed by atoms with E-state index in [0.717, 1.165) is 34.1 Å². The monoisotopic (exact) mass is 372 g/mol. The molecule has 0 aliphatic heterocycles. The molecule has 4 aromatic rings. The summed E-state index contributed by atoms with van der Waals surface area (Å²) in [5.74, 6) is 0.900. The Labute approximate surface area is 162 Å². The maximum atomic E-state index is 12.4. The minimum Gasteiger partial charge on any atom is -0.275 e. The normalized spacial score (nSPS) is 11.0. The van der Waals surface area contributed by atoms with Gasteiger partial charge in [0.05, 0.1) is 11.0 Å². The summed E-state index contributed by atoms with van der Waals surface area (Å²) in [6.07, 6.45) is 1.90. The zero-order chi connectivity index (χ0) is 19.5. The molecule has 0 unspecified atom stereocenters. The summed E-state index contributed by atoms with van der Waals surface area (Å²) in [6.45, 7) is 2.00. The maximum absolute atomic E-state index is 12.4.